The Labute approximate surface area is 78.4 Å². The SMILES string of the molecule is NC(=O)c1ccc(CO)nc1C(F)F. The first kappa shape index (κ1) is 10.5. The highest BCUT2D eigenvalue weighted by atomic mass is 19.3. The smallest absolute Gasteiger partial charge is 0.281 e. The number of hydrogen-bond acceptors (Lipinski definition) is 3. The van der Waals surface area contributed by atoms with Gasteiger partial charge in [0.15, 0.2) is 0 Å². The molecule has 14 heavy (non-hydrogen) atoms. The van der Waals surface area contributed by atoms with E-state index in [9.17, 15) is 13.6 Å². The molecule has 1 rings (SSSR count). The summed E-state index contributed by atoms with van der Waals surface area (Å²) in [6, 6.07) is 2.40. The maximum atomic E-state index is 12.4. The molecule has 6 heteroatoms. The summed E-state index contributed by atoms with van der Waals surface area (Å²) in [7, 11) is 0. The molecule has 0 saturated heterocycles. The molecule has 0 aromatic carbocycles. The molecule has 0 spiro atoms. The molecule has 1 aromatic heterocycles. The Hall–Kier alpha value is -1.56. The van der Waals surface area contributed by atoms with Gasteiger partial charge in [0.25, 0.3) is 12.3 Å². The third-order valence-electron chi connectivity index (χ3n) is 1.62. The fourth-order valence-electron chi connectivity index (χ4n) is 0.980. The summed E-state index contributed by atoms with van der Waals surface area (Å²) in [6.45, 7) is -0.460. The van der Waals surface area contributed by atoms with Gasteiger partial charge in [-0.15, -0.1) is 0 Å². The maximum Gasteiger partial charge on any atom is 0.281 e. The number of rotatable bonds is 3. The Bertz CT molecular complexity index is 355. The lowest BCUT2D eigenvalue weighted by atomic mass is 10.1. The van der Waals surface area contributed by atoms with Crippen molar-refractivity contribution in [2.24, 2.45) is 5.73 Å². The molecule has 0 fully saturated rings. The van der Waals surface area contributed by atoms with E-state index >= 15 is 0 Å². The molecule has 4 nitrogen and oxygen atoms in total. The number of aliphatic hydroxyl groups is 1. The van der Waals surface area contributed by atoms with Gasteiger partial charge in [0.05, 0.1) is 17.9 Å². The minimum Gasteiger partial charge on any atom is -0.390 e. The molecule has 0 radical (unpaired) electrons. The lowest BCUT2D eigenvalue weighted by Crippen LogP contribution is -2.15. The molecule has 0 atom stereocenters. The Morgan fingerprint density at radius 2 is 2.21 bits per heavy atom. The van der Waals surface area contributed by atoms with Crippen LogP contribution >= 0.6 is 0 Å². The fourth-order valence-corrected chi connectivity index (χ4v) is 0.980. The van der Waals surface area contributed by atoms with E-state index in [4.69, 9.17) is 10.8 Å². The predicted molar refractivity (Wildman–Crippen MR) is 43.6 cm³/mol. The minimum atomic E-state index is -2.89. The van der Waals surface area contributed by atoms with Crippen molar-refractivity contribution < 1.29 is 18.7 Å². The molecule has 1 amide bonds. The highest BCUT2D eigenvalue weighted by Crippen LogP contribution is 2.20. The van der Waals surface area contributed by atoms with Crippen molar-refractivity contribution in [1.82, 2.24) is 4.98 Å². The second kappa shape index (κ2) is 4.10. The summed E-state index contributed by atoms with van der Waals surface area (Å²) in [5, 5.41) is 8.65. The largest absolute Gasteiger partial charge is 0.390 e. The van der Waals surface area contributed by atoms with Crippen LogP contribution in [0.15, 0.2) is 12.1 Å². The van der Waals surface area contributed by atoms with Crippen LogP contribution in [0.4, 0.5) is 8.78 Å². The van der Waals surface area contributed by atoms with Gasteiger partial charge in [-0.2, -0.15) is 0 Å². The van der Waals surface area contributed by atoms with Crippen molar-refractivity contribution in [3.63, 3.8) is 0 Å². The van der Waals surface area contributed by atoms with E-state index in [2.05, 4.69) is 4.98 Å². The topological polar surface area (TPSA) is 76.2 Å². The monoisotopic (exact) mass is 202 g/mol. The Morgan fingerprint density at radius 3 is 2.64 bits per heavy atom. The van der Waals surface area contributed by atoms with E-state index in [0.29, 0.717) is 0 Å². The highest BCUT2D eigenvalue weighted by Gasteiger charge is 2.18. The number of amides is 1. The lowest BCUT2D eigenvalue weighted by molar-refractivity contribution is 0.0982. The van der Waals surface area contributed by atoms with E-state index in [1.54, 1.807) is 0 Å². The molecule has 0 bridgehead atoms. The summed E-state index contributed by atoms with van der Waals surface area (Å²) in [4.78, 5) is 14.1. The molecule has 0 unspecified atom stereocenters. The van der Waals surface area contributed by atoms with E-state index in [0.717, 1.165) is 6.07 Å². The van der Waals surface area contributed by atoms with Crippen LogP contribution in [-0.2, 0) is 6.61 Å². The molecular formula is C8H8F2N2O2. The number of carbonyl (C=O) groups is 1. The zero-order chi connectivity index (χ0) is 10.7. The van der Waals surface area contributed by atoms with Crippen molar-refractivity contribution in [2.75, 3.05) is 0 Å². The molecule has 76 valence electrons. The van der Waals surface area contributed by atoms with Gasteiger partial charge in [-0.25, -0.2) is 13.8 Å². The Balaban J connectivity index is 3.24. The van der Waals surface area contributed by atoms with E-state index in [1.807, 2.05) is 0 Å². The van der Waals surface area contributed by atoms with E-state index < -0.39 is 24.6 Å². The lowest BCUT2D eigenvalue weighted by Gasteiger charge is -2.05. The van der Waals surface area contributed by atoms with Crippen LogP contribution in [0, 0.1) is 0 Å². The normalized spacial score (nSPS) is 10.6. The third kappa shape index (κ3) is 2.02. The average Bonchev–Trinajstić information content (AvgIpc) is 2.16. The molecule has 0 aliphatic heterocycles. The number of primary amides is 1. The van der Waals surface area contributed by atoms with Crippen molar-refractivity contribution in [3.8, 4) is 0 Å². The number of aromatic nitrogens is 1. The predicted octanol–water partition coefficient (Wildman–Crippen LogP) is 0.610. The Morgan fingerprint density at radius 1 is 1.57 bits per heavy atom. The van der Waals surface area contributed by atoms with Gasteiger partial charge in [0.1, 0.15) is 5.69 Å². The van der Waals surface area contributed by atoms with Crippen molar-refractivity contribution >= 4 is 5.91 Å². The summed E-state index contributed by atoms with van der Waals surface area (Å²) in [6.07, 6.45) is -2.89. The van der Waals surface area contributed by atoms with Crippen LogP contribution in [-0.4, -0.2) is 16.0 Å². The van der Waals surface area contributed by atoms with Crippen molar-refractivity contribution in [2.45, 2.75) is 13.0 Å². The van der Waals surface area contributed by atoms with Gasteiger partial charge in [0.2, 0.25) is 0 Å². The first-order chi connectivity index (χ1) is 6.56. The standard InChI is InChI=1S/C8H8F2N2O2/c9-7(10)6-5(8(11)14)2-1-4(3-13)12-6/h1-2,7,13H,3H2,(H2,11,14). The Kier molecular flexibility index (Phi) is 3.08. The first-order valence-corrected chi connectivity index (χ1v) is 3.75. The summed E-state index contributed by atoms with van der Waals surface area (Å²) in [5.74, 6) is -0.961. The number of nitrogens with zero attached hydrogens (tertiary/aromatic N) is 1. The molecule has 1 aromatic rings. The molecule has 0 aliphatic rings. The van der Waals surface area contributed by atoms with Crippen LogP contribution in [0.3, 0.4) is 0 Å². The number of nitrogens with two attached hydrogens (primary N) is 1. The zero-order valence-corrected chi connectivity index (χ0v) is 7.08. The molecular weight excluding hydrogens is 194 g/mol. The third-order valence-corrected chi connectivity index (χ3v) is 1.62. The highest BCUT2D eigenvalue weighted by molar-refractivity contribution is 5.93. The number of pyridine rings is 1. The fraction of sp³-hybridized carbons (Fsp3) is 0.250. The molecule has 3 N–H and O–H groups in total. The second-order valence-corrected chi connectivity index (χ2v) is 2.56. The average molecular weight is 202 g/mol. The van der Waals surface area contributed by atoms with Crippen molar-refractivity contribution in [3.05, 3.63) is 29.1 Å². The van der Waals surface area contributed by atoms with Gasteiger partial charge < -0.3 is 10.8 Å². The van der Waals surface area contributed by atoms with E-state index in [1.165, 1.54) is 6.07 Å². The van der Waals surface area contributed by atoms with Crippen molar-refractivity contribution in [1.29, 1.82) is 0 Å². The summed E-state index contributed by atoms with van der Waals surface area (Å²) < 4.78 is 24.7. The van der Waals surface area contributed by atoms with Crippen LogP contribution in [0.25, 0.3) is 0 Å². The molecule has 0 saturated carbocycles. The van der Waals surface area contributed by atoms with Crippen LogP contribution < -0.4 is 5.73 Å². The van der Waals surface area contributed by atoms with E-state index in [-0.39, 0.29) is 11.3 Å². The van der Waals surface area contributed by atoms with Gasteiger partial charge in [0, 0.05) is 0 Å². The maximum absolute atomic E-state index is 12.4. The summed E-state index contributed by atoms with van der Waals surface area (Å²) >= 11 is 0. The number of hydrogen-bond donors (Lipinski definition) is 2. The molecule has 1 heterocycles. The van der Waals surface area contributed by atoms with Gasteiger partial charge in [-0.3, -0.25) is 4.79 Å². The molecule has 0 aliphatic carbocycles. The number of carbonyl (C=O) groups excluding carboxylic acids is 1. The zero-order valence-electron chi connectivity index (χ0n) is 7.08. The number of halogens is 2. The quantitative estimate of drug-likeness (QED) is 0.753. The summed E-state index contributed by atoms with van der Waals surface area (Å²) in [5.41, 5.74) is 3.93. The number of alkyl halides is 2. The van der Waals surface area contributed by atoms with Crippen LogP contribution in [0.2, 0.25) is 0 Å². The van der Waals surface area contributed by atoms with Crippen LogP contribution in [0.1, 0.15) is 28.2 Å². The second-order valence-electron chi connectivity index (χ2n) is 2.56. The minimum absolute atomic E-state index is 0.0744. The first-order valence-electron chi connectivity index (χ1n) is 3.75. The van der Waals surface area contributed by atoms with Gasteiger partial charge in [-0.05, 0) is 12.1 Å². The number of aliphatic hydroxyl groups excluding tert-OH is 1. The van der Waals surface area contributed by atoms with Gasteiger partial charge >= 0.3 is 0 Å². The van der Waals surface area contributed by atoms with Crippen LogP contribution in [0.5, 0.6) is 0 Å². The van der Waals surface area contributed by atoms with Gasteiger partial charge in [-0.1, -0.05) is 0 Å².